The highest BCUT2D eigenvalue weighted by atomic mass is 19.1. The Morgan fingerprint density at radius 2 is 1.90 bits per heavy atom. The van der Waals surface area contributed by atoms with Crippen LogP contribution in [0.3, 0.4) is 0 Å². The number of aliphatic imine (C=N–C) groups is 1. The number of anilines is 1. The second-order valence-electron chi connectivity index (χ2n) is 6.85. The minimum absolute atomic E-state index is 0.0151. The van der Waals surface area contributed by atoms with Gasteiger partial charge >= 0.3 is 0 Å². The number of nitrogens with two attached hydrogens (primary N) is 1. The van der Waals surface area contributed by atoms with E-state index in [1.54, 1.807) is 18.3 Å². The minimum atomic E-state index is -0.646. The van der Waals surface area contributed by atoms with Gasteiger partial charge in [0.1, 0.15) is 17.4 Å². The first-order valence-electron chi connectivity index (χ1n) is 9.22. The van der Waals surface area contributed by atoms with Crippen molar-refractivity contribution < 1.29 is 4.39 Å². The number of hydrogen-bond donors (Lipinski definition) is 1. The first kappa shape index (κ1) is 18.5. The molecule has 0 fully saturated rings. The van der Waals surface area contributed by atoms with Crippen LogP contribution in [0.15, 0.2) is 71.7 Å². The van der Waals surface area contributed by atoms with E-state index in [2.05, 4.69) is 27.1 Å². The summed E-state index contributed by atoms with van der Waals surface area (Å²) in [4.78, 5) is 13.4. The number of nitrogens with zero attached hydrogens (tertiary/aromatic N) is 4. The smallest absolute Gasteiger partial charge is 0.220 e. The Kier molecular flexibility index (Phi) is 4.88. The van der Waals surface area contributed by atoms with Crippen LogP contribution in [0.4, 0.5) is 10.3 Å². The molecule has 0 spiro atoms. The Morgan fingerprint density at radius 3 is 2.59 bits per heavy atom. The third-order valence-corrected chi connectivity index (χ3v) is 4.97. The molecular formula is C23H18FN5. The summed E-state index contributed by atoms with van der Waals surface area (Å²) in [5.41, 5.74) is 8.20. The lowest BCUT2D eigenvalue weighted by atomic mass is 9.88. The van der Waals surface area contributed by atoms with Gasteiger partial charge < -0.3 is 5.73 Å². The molecule has 1 atom stereocenters. The van der Waals surface area contributed by atoms with Crippen molar-refractivity contribution in [3.63, 3.8) is 0 Å². The Labute approximate surface area is 168 Å². The first-order chi connectivity index (χ1) is 14.1. The largest absolute Gasteiger partial charge is 0.368 e. The highest BCUT2D eigenvalue weighted by molar-refractivity contribution is 5.76. The molecule has 2 N–H and O–H groups in total. The lowest BCUT2D eigenvalue weighted by Gasteiger charge is -2.24. The van der Waals surface area contributed by atoms with Crippen molar-refractivity contribution in [1.29, 1.82) is 5.26 Å². The fourth-order valence-corrected chi connectivity index (χ4v) is 3.43. The zero-order valence-electron chi connectivity index (χ0n) is 15.6. The molecule has 0 saturated carbocycles. The molecule has 6 heteroatoms. The SMILES string of the molecule is N#Cc1ccc(-c2cc(C3(CCc4ccccc4)C=CC=N3)nc(N)n2)cc1F. The molecule has 0 amide bonds. The number of allylic oxidation sites excluding steroid dienone is 1. The highest BCUT2D eigenvalue weighted by Crippen LogP contribution is 2.36. The quantitative estimate of drug-likeness (QED) is 0.715. The van der Waals surface area contributed by atoms with Crippen molar-refractivity contribution in [1.82, 2.24) is 9.97 Å². The van der Waals surface area contributed by atoms with Crippen LogP contribution in [0.25, 0.3) is 11.3 Å². The van der Waals surface area contributed by atoms with Gasteiger partial charge in [-0.1, -0.05) is 36.4 Å². The molecule has 1 aliphatic rings. The van der Waals surface area contributed by atoms with E-state index in [1.165, 1.54) is 17.7 Å². The third kappa shape index (κ3) is 3.76. The zero-order chi connectivity index (χ0) is 20.3. The minimum Gasteiger partial charge on any atom is -0.368 e. The van der Waals surface area contributed by atoms with Gasteiger partial charge in [-0.15, -0.1) is 0 Å². The second kappa shape index (κ2) is 7.64. The topological polar surface area (TPSA) is 88.0 Å². The Morgan fingerprint density at radius 1 is 1.07 bits per heavy atom. The number of nitrogen functional groups attached to an aromatic ring is 1. The number of halogens is 1. The normalized spacial score (nSPS) is 17.4. The Hall–Kier alpha value is -3.85. The van der Waals surface area contributed by atoms with Crippen LogP contribution >= 0.6 is 0 Å². The Balaban J connectivity index is 1.71. The van der Waals surface area contributed by atoms with Crippen LogP contribution in [-0.2, 0) is 12.0 Å². The van der Waals surface area contributed by atoms with Gasteiger partial charge in [-0.05, 0) is 48.8 Å². The van der Waals surface area contributed by atoms with E-state index in [0.29, 0.717) is 23.4 Å². The molecular weight excluding hydrogens is 365 g/mol. The highest BCUT2D eigenvalue weighted by Gasteiger charge is 2.32. The van der Waals surface area contributed by atoms with Crippen LogP contribution < -0.4 is 5.73 Å². The van der Waals surface area contributed by atoms with Crippen molar-refractivity contribution in [3.05, 3.63) is 89.4 Å². The fourth-order valence-electron chi connectivity index (χ4n) is 3.43. The first-order valence-corrected chi connectivity index (χ1v) is 9.22. The number of aromatic nitrogens is 2. The monoisotopic (exact) mass is 383 g/mol. The van der Waals surface area contributed by atoms with Crippen LogP contribution in [0, 0.1) is 17.1 Å². The number of hydrogen-bond acceptors (Lipinski definition) is 5. The van der Waals surface area contributed by atoms with Gasteiger partial charge in [0.05, 0.1) is 17.0 Å². The maximum Gasteiger partial charge on any atom is 0.220 e. The lowest BCUT2D eigenvalue weighted by molar-refractivity contribution is 0.509. The average Bonchev–Trinajstić information content (AvgIpc) is 3.23. The maximum atomic E-state index is 14.1. The molecule has 0 bridgehead atoms. The molecule has 1 unspecified atom stereocenters. The number of benzene rings is 2. The summed E-state index contributed by atoms with van der Waals surface area (Å²) in [6.45, 7) is 0. The van der Waals surface area contributed by atoms with Gasteiger partial charge in [0.2, 0.25) is 5.95 Å². The van der Waals surface area contributed by atoms with E-state index >= 15 is 0 Å². The molecule has 0 saturated heterocycles. The van der Waals surface area contributed by atoms with Crippen molar-refractivity contribution in [3.8, 4) is 17.3 Å². The summed E-state index contributed by atoms with van der Waals surface area (Å²) >= 11 is 0. The molecule has 3 aromatic rings. The number of rotatable bonds is 5. The summed E-state index contributed by atoms with van der Waals surface area (Å²) in [6, 6.07) is 18.1. The van der Waals surface area contributed by atoms with E-state index in [0.717, 1.165) is 6.42 Å². The molecule has 2 aromatic carbocycles. The van der Waals surface area contributed by atoms with Gasteiger partial charge in [0.25, 0.3) is 0 Å². The molecule has 0 aliphatic carbocycles. The van der Waals surface area contributed by atoms with Crippen molar-refractivity contribution in [2.75, 3.05) is 5.73 Å². The van der Waals surface area contributed by atoms with Gasteiger partial charge in [0, 0.05) is 11.8 Å². The Bertz CT molecular complexity index is 1130. The van der Waals surface area contributed by atoms with Gasteiger partial charge in [-0.3, -0.25) is 4.99 Å². The summed E-state index contributed by atoms with van der Waals surface area (Å²) in [5.74, 6) is -0.502. The number of nitriles is 1. The molecule has 1 aromatic heterocycles. The standard InChI is InChI=1S/C23H18FN5/c24-19-13-17(7-8-18(19)15-25)20-14-21(29-22(26)28-20)23(10-4-12-27-23)11-9-16-5-2-1-3-6-16/h1-8,10,12-14H,9,11H2,(H2,26,28,29). The molecule has 1 aliphatic heterocycles. The molecule has 4 rings (SSSR count). The second-order valence-corrected chi connectivity index (χ2v) is 6.85. The average molecular weight is 383 g/mol. The molecule has 29 heavy (non-hydrogen) atoms. The zero-order valence-corrected chi connectivity index (χ0v) is 15.6. The van der Waals surface area contributed by atoms with Crippen LogP contribution in [-0.4, -0.2) is 16.2 Å². The summed E-state index contributed by atoms with van der Waals surface area (Å²) in [6.07, 6.45) is 7.17. The van der Waals surface area contributed by atoms with Crippen molar-refractivity contribution >= 4 is 12.2 Å². The predicted molar refractivity (Wildman–Crippen MR) is 111 cm³/mol. The van der Waals surface area contributed by atoms with Crippen LogP contribution in [0.1, 0.15) is 23.2 Å². The van der Waals surface area contributed by atoms with Gasteiger partial charge in [-0.2, -0.15) is 5.26 Å². The summed E-state index contributed by atoms with van der Waals surface area (Å²) < 4.78 is 14.1. The van der Waals surface area contributed by atoms with E-state index in [1.807, 2.05) is 36.4 Å². The third-order valence-electron chi connectivity index (χ3n) is 4.97. The molecule has 2 heterocycles. The number of aryl methyl sites for hydroxylation is 1. The molecule has 142 valence electrons. The van der Waals surface area contributed by atoms with Crippen LogP contribution in [0.5, 0.6) is 0 Å². The van der Waals surface area contributed by atoms with Gasteiger partial charge in [0.15, 0.2) is 0 Å². The lowest BCUT2D eigenvalue weighted by Crippen LogP contribution is -2.23. The predicted octanol–water partition coefficient (Wildman–Crippen LogP) is 4.21. The summed E-state index contributed by atoms with van der Waals surface area (Å²) in [5, 5.41) is 8.94. The molecule has 0 radical (unpaired) electrons. The van der Waals surface area contributed by atoms with Crippen LogP contribution in [0.2, 0.25) is 0 Å². The maximum absolute atomic E-state index is 14.1. The van der Waals surface area contributed by atoms with E-state index in [9.17, 15) is 4.39 Å². The van der Waals surface area contributed by atoms with E-state index in [-0.39, 0.29) is 11.5 Å². The van der Waals surface area contributed by atoms with E-state index < -0.39 is 11.4 Å². The fraction of sp³-hybridized carbons (Fsp3) is 0.130. The summed E-state index contributed by atoms with van der Waals surface area (Å²) in [7, 11) is 0. The van der Waals surface area contributed by atoms with Gasteiger partial charge in [-0.25, -0.2) is 14.4 Å². The van der Waals surface area contributed by atoms with Crippen molar-refractivity contribution in [2.45, 2.75) is 18.4 Å². The van der Waals surface area contributed by atoms with E-state index in [4.69, 9.17) is 11.0 Å². The molecule has 5 nitrogen and oxygen atoms in total. The van der Waals surface area contributed by atoms with Crippen molar-refractivity contribution in [2.24, 2.45) is 4.99 Å².